The molecule has 1 aliphatic carbocycles. The molecule has 1 aliphatic rings. The van der Waals surface area contributed by atoms with Gasteiger partial charge in [0.15, 0.2) is 5.82 Å². The lowest BCUT2D eigenvalue weighted by molar-refractivity contribution is -0.140. The van der Waals surface area contributed by atoms with Crippen molar-refractivity contribution in [3.05, 3.63) is 47.4 Å². The summed E-state index contributed by atoms with van der Waals surface area (Å²) < 4.78 is 38.7. The van der Waals surface area contributed by atoms with E-state index in [1.165, 1.54) is 6.33 Å². The molecule has 8 heteroatoms. The number of phenols is 1. The van der Waals surface area contributed by atoms with Crippen molar-refractivity contribution in [2.45, 2.75) is 31.4 Å². The molecule has 5 nitrogen and oxygen atoms in total. The molecule has 2 aromatic heterocycles. The average molecular weight is 360 g/mol. The molecular formula is C18H15F3N4O. The number of nitrogens with one attached hydrogen (secondary N) is 1. The molecule has 2 N–H and O–H groups in total. The van der Waals surface area contributed by atoms with Gasteiger partial charge in [0.2, 0.25) is 0 Å². The largest absolute Gasteiger partial charge is 0.508 e. The minimum absolute atomic E-state index is 0.0328. The Labute approximate surface area is 146 Å². The zero-order chi connectivity index (χ0) is 18.3. The van der Waals surface area contributed by atoms with Crippen LogP contribution in [0.3, 0.4) is 0 Å². The van der Waals surface area contributed by atoms with Gasteiger partial charge in [-0.15, -0.1) is 0 Å². The Hall–Kier alpha value is -2.90. The molecular weight excluding hydrogens is 345 g/mol. The van der Waals surface area contributed by atoms with Crippen LogP contribution in [0.5, 0.6) is 5.75 Å². The molecule has 0 amide bonds. The fourth-order valence-corrected chi connectivity index (χ4v) is 3.34. The highest BCUT2D eigenvalue weighted by Crippen LogP contribution is 2.35. The normalized spacial score (nSPS) is 17.7. The lowest BCUT2D eigenvalue weighted by Crippen LogP contribution is -2.10. The number of phenolic OH excluding ortho intramolecular Hbond substituents is 1. The van der Waals surface area contributed by atoms with E-state index in [1.54, 1.807) is 18.3 Å². The van der Waals surface area contributed by atoms with Gasteiger partial charge in [-0.3, -0.25) is 0 Å². The van der Waals surface area contributed by atoms with Crippen LogP contribution in [0.2, 0.25) is 0 Å². The number of fused-ring (bicyclic) bond motifs is 2. The van der Waals surface area contributed by atoms with E-state index in [1.807, 2.05) is 6.07 Å². The number of hydrogen-bond donors (Lipinski definition) is 2. The Bertz CT molecular complexity index is 994. The number of aromatic nitrogens is 3. The summed E-state index contributed by atoms with van der Waals surface area (Å²) in [4.78, 5) is 14.5. The molecule has 0 fully saturated rings. The van der Waals surface area contributed by atoms with Crippen LogP contribution in [0, 0.1) is 0 Å². The standard InChI is InChI=1S/C18H15F3N4O/c19-18(20,21)15-7-14-16(23-9-24-17(14)25-15)22-8-11-3-1-2-10-6-12(26)4-5-13(10)11/h4-9,11,26H,1-3H2,(H,23,24,25). The predicted molar refractivity (Wildman–Crippen MR) is 90.8 cm³/mol. The van der Waals surface area contributed by atoms with E-state index in [0.717, 1.165) is 36.5 Å². The number of benzene rings is 1. The highest BCUT2D eigenvalue weighted by atomic mass is 19.4. The van der Waals surface area contributed by atoms with Crippen molar-refractivity contribution < 1.29 is 18.3 Å². The molecule has 0 saturated heterocycles. The molecule has 1 atom stereocenters. The highest BCUT2D eigenvalue weighted by molar-refractivity contribution is 5.88. The van der Waals surface area contributed by atoms with Gasteiger partial charge in [0.25, 0.3) is 0 Å². The number of H-pyrrole nitrogens is 1. The molecule has 4 rings (SSSR count). The number of aliphatic imine (C=N–C) groups is 1. The molecule has 0 spiro atoms. The third-order valence-electron chi connectivity index (χ3n) is 4.57. The van der Waals surface area contributed by atoms with Crippen LogP contribution in [-0.2, 0) is 12.6 Å². The summed E-state index contributed by atoms with van der Waals surface area (Å²) in [5.41, 5.74) is 1.38. The predicted octanol–water partition coefficient (Wildman–Crippen LogP) is 4.50. The maximum absolute atomic E-state index is 12.9. The van der Waals surface area contributed by atoms with Gasteiger partial charge in [0.05, 0.1) is 5.39 Å². The fourth-order valence-electron chi connectivity index (χ4n) is 3.34. The minimum Gasteiger partial charge on any atom is -0.508 e. The minimum atomic E-state index is -4.48. The Kier molecular flexibility index (Phi) is 3.90. The van der Waals surface area contributed by atoms with Crippen LogP contribution in [0.4, 0.5) is 19.0 Å². The lowest BCUT2D eigenvalue weighted by Gasteiger charge is -2.22. The van der Waals surface area contributed by atoms with Crippen molar-refractivity contribution in [2.75, 3.05) is 0 Å². The quantitative estimate of drug-likeness (QED) is 0.661. The van der Waals surface area contributed by atoms with Crippen LogP contribution < -0.4 is 0 Å². The second-order valence-corrected chi connectivity index (χ2v) is 6.30. The monoisotopic (exact) mass is 360 g/mol. The van der Waals surface area contributed by atoms with Crippen LogP contribution in [0.15, 0.2) is 35.6 Å². The van der Waals surface area contributed by atoms with E-state index in [-0.39, 0.29) is 28.5 Å². The summed E-state index contributed by atoms with van der Waals surface area (Å²) in [7, 11) is 0. The number of aromatic amines is 1. The summed E-state index contributed by atoms with van der Waals surface area (Å²) in [6.07, 6.45) is 1.16. The fraction of sp³-hybridized carbons (Fsp3) is 0.278. The molecule has 0 bridgehead atoms. The van der Waals surface area contributed by atoms with E-state index in [2.05, 4.69) is 19.9 Å². The number of halogens is 3. The van der Waals surface area contributed by atoms with Crippen molar-refractivity contribution in [1.29, 1.82) is 0 Å². The smallest absolute Gasteiger partial charge is 0.431 e. The van der Waals surface area contributed by atoms with Crippen molar-refractivity contribution in [3.8, 4) is 5.75 Å². The van der Waals surface area contributed by atoms with Gasteiger partial charge in [-0.05, 0) is 48.6 Å². The summed E-state index contributed by atoms with van der Waals surface area (Å²) in [6.45, 7) is 0. The number of rotatable bonds is 2. The van der Waals surface area contributed by atoms with Crippen molar-refractivity contribution in [2.24, 2.45) is 4.99 Å². The molecule has 1 aromatic carbocycles. The Morgan fingerprint density at radius 3 is 2.88 bits per heavy atom. The van der Waals surface area contributed by atoms with Crippen molar-refractivity contribution in [3.63, 3.8) is 0 Å². The second-order valence-electron chi connectivity index (χ2n) is 6.30. The average Bonchev–Trinajstić information content (AvgIpc) is 3.04. The van der Waals surface area contributed by atoms with E-state index in [4.69, 9.17) is 0 Å². The first-order valence-electron chi connectivity index (χ1n) is 8.19. The maximum atomic E-state index is 12.9. The van der Waals surface area contributed by atoms with E-state index in [0.29, 0.717) is 0 Å². The third kappa shape index (κ3) is 3.02. The van der Waals surface area contributed by atoms with Crippen molar-refractivity contribution >= 4 is 23.1 Å². The van der Waals surface area contributed by atoms with Crippen LogP contribution >= 0.6 is 0 Å². The Balaban J connectivity index is 1.69. The molecule has 2 heterocycles. The third-order valence-corrected chi connectivity index (χ3v) is 4.57. The van der Waals surface area contributed by atoms with Gasteiger partial charge in [-0.25, -0.2) is 15.0 Å². The van der Waals surface area contributed by atoms with Gasteiger partial charge in [-0.1, -0.05) is 6.07 Å². The molecule has 3 aromatic rings. The van der Waals surface area contributed by atoms with E-state index < -0.39 is 11.9 Å². The molecule has 134 valence electrons. The number of alkyl halides is 3. The summed E-state index contributed by atoms with van der Waals surface area (Å²) >= 11 is 0. The second kappa shape index (κ2) is 6.12. The van der Waals surface area contributed by atoms with Gasteiger partial charge in [0, 0.05) is 12.1 Å². The van der Waals surface area contributed by atoms with Crippen LogP contribution in [0.25, 0.3) is 11.0 Å². The van der Waals surface area contributed by atoms with Gasteiger partial charge in [-0.2, -0.15) is 13.2 Å². The zero-order valence-corrected chi connectivity index (χ0v) is 13.6. The first-order valence-corrected chi connectivity index (χ1v) is 8.19. The first-order chi connectivity index (χ1) is 12.4. The number of nitrogens with zero attached hydrogens (tertiary/aromatic N) is 3. The molecule has 1 unspecified atom stereocenters. The van der Waals surface area contributed by atoms with Gasteiger partial charge in [0.1, 0.15) is 23.4 Å². The van der Waals surface area contributed by atoms with Crippen LogP contribution in [-0.4, -0.2) is 26.3 Å². The SMILES string of the molecule is Oc1ccc2c(c1)CCCC2C=Nc1ncnc2[nH]c(C(F)(F)F)cc12. The lowest BCUT2D eigenvalue weighted by atomic mass is 9.83. The van der Waals surface area contributed by atoms with Crippen molar-refractivity contribution in [1.82, 2.24) is 15.0 Å². The van der Waals surface area contributed by atoms with E-state index in [9.17, 15) is 18.3 Å². The maximum Gasteiger partial charge on any atom is 0.431 e. The summed E-state index contributed by atoms with van der Waals surface area (Å²) in [5.74, 6) is 0.462. The topological polar surface area (TPSA) is 74.2 Å². The first kappa shape index (κ1) is 16.6. The summed E-state index contributed by atoms with van der Waals surface area (Å²) in [5, 5.41) is 9.86. The molecule has 0 radical (unpaired) electrons. The van der Waals surface area contributed by atoms with E-state index >= 15 is 0 Å². The number of aryl methyl sites for hydroxylation is 1. The summed E-state index contributed by atoms with van der Waals surface area (Å²) in [6, 6.07) is 6.23. The molecule has 26 heavy (non-hydrogen) atoms. The Morgan fingerprint density at radius 1 is 1.23 bits per heavy atom. The number of aromatic hydroxyl groups is 1. The Morgan fingerprint density at radius 2 is 2.08 bits per heavy atom. The van der Waals surface area contributed by atoms with Gasteiger partial charge >= 0.3 is 6.18 Å². The molecule has 0 saturated carbocycles. The molecule has 0 aliphatic heterocycles. The number of hydrogen-bond acceptors (Lipinski definition) is 4. The highest BCUT2D eigenvalue weighted by Gasteiger charge is 2.33. The zero-order valence-electron chi connectivity index (χ0n) is 13.6. The van der Waals surface area contributed by atoms with Gasteiger partial charge < -0.3 is 10.1 Å². The van der Waals surface area contributed by atoms with Crippen LogP contribution in [0.1, 0.15) is 35.6 Å².